The van der Waals surface area contributed by atoms with Crippen LogP contribution in [0.1, 0.15) is 17.3 Å². The first kappa shape index (κ1) is 13.0. The number of hydrogen-bond donors (Lipinski definition) is 2. The summed E-state index contributed by atoms with van der Waals surface area (Å²) < 4.78 is 0. The summed E-state index contributed by atoms with van der Waals surface area (Å²) in [7, 11) is 0. The van der Waals surface area contributed by atoms with Crippen molar-refractivity contribution in [3.8, 4) is 5.75 Å². The van der Waals surface area contributed by atoms with Gasteiger partial charge in [0.05, 0.1) is 0 Å². The van der Waals surface area contributed by atoms with Crippen molar-refractivity contribution < 1.29 is 9.90 Å². The summed E-state index contributed by atoms with van der Waals surface area (Å²) >= 11 is 0. The Morgan fingerprint density at radius 3 is 2.21 bits per heavy atom. The van der Waals surface area contributed by atoms with E-state index in [-0.39, 0.29) is 11.7 Å². The summed E-state index contributed by atoms with van der Waals surface area (Å²) in [5.74, 6) is 0.0411. The molecular weight excluding hydrogens is 240 g/mol. The van der Waals surface area contributed by atoms with Crippen LogP contribution < -0.4 is 10.6 Å². The molecule has 0 fully saturated rings. The van der Waals surface area contributed by atoms with Gasteiger partial charge in [0.15, 0.2) is 0 Å². The zero-order valence-corrected chi connectivity index (χ0v) is 10.7. The second kappa shape index (κ2) is 5.44. The molecule has 0 heterocycles. The van der Waals surface area contributed by atoms with Crippen LogP contribution in [-0.4, -0.2) is 17.6 Å². The normalized spacial score (nSPS) is 10.2. The fourth-order valence-electron chi connectivity index (χ4n) is 1.86. The number of nitrogens with two attached hydrogens (primary N) is 1. The lowest BCUT2D eigenvalue weighted by molar-refractivity contribution is 0.0988. The number of nitrogens with zero attached hydrogens (tertiary/aromatic N) is 1. The predicted octanol–water partition coefficient (Wildman–Crippen LogP) is 2.64. The SMILES string of the molecule is CCN(C(=O)c1ccc(O)cc1)c1ccc(N)cc1. The summed E-state index contributed by atoms with van der Waals surface area (Å²) in [6.45, 7) is 2.47. The van der Waals surface area contributed by atoms with Gasteiger partial charge >= 0.3 is 0 Å². The van der Waals surface area contributed by atoms with Crippen LogP contribution in [0.15, 0.2) is 48.5 Å². The minimum atomic E-state index is -0.104. The summed E-state index contributed by atoms with van der Waals surface area (Å²) in [6, 6.07) is 13.4. The minimum absolute atomic E-state index is 0.104. The quantitative estimate of drug-likeness (QED) is 0.830. The molecule has 0 aliphatic rings. The highest BCUT2D eigenvalue weighted by Crippen LogP contribution is 2.19. The van der Waals surface area contributed by atoms with Crippen LogP contribution in [0.5, 0.6) is 5.75 Å². The van der Waals surface area contributed by atoms with Crippen molar-refractivity contribution in [2.75, 3.05) is 17.2 Å². The molecule has 0 aromatic heterocycles. The zero-order valence-electron chi connectivity index (χ0n) is 10.7. The average Bonchev–Trinajstić information content (AvgIpc) is 2.42. The Morgan fingerprint density at radius 1 is 1.11 bits per heavy atom. The number of aromatic hydroxyl groups is 1. The number of rotatable bonds is 3. The molecule has 4 nitrogen and oxygen atoms in total. The Bertz CT molecular complexity index is 562. The lowest BCUT2D eigenvalue weighted by Crippen LogP contribution is -2.30. The molecule has 0 unspecified atom stereocenters. The largest absolute Gasteiger partial charge is 0.508 e. The molecule has 0 radical (unpaired) electrons. The van der Waals surface area contributed by atoms with Crippen molar-refractivity contribution in [2.24, 2.45) is 0 Å². The lowest BCUT2D eigenvalue weighted by Gasteiger charge is -2.21. The van der Waals surface area contributed by atoms with E-state index >= 15 is 0 Å². The van der Waals surface area contributed by atoms with E-state index in [9.17, 15) is 9.90 Å². The molecule has 2 aromatic carbocycles. The van der Waals surface area contributed by atoms with Gasteiger partial charge in [0, 0.05) is 23.5 Å². The summed E-state index contributed by atoms with van der Waals surface area (Å²) in [5.41, 5.74) is 7.64. The van der Waals surface area contributed by atoms with Crippen molar-refractivity contribution in [1.29, 1.82) is 0 Å². The third-order valence-corrected chi connectivity index (χ3v) is 2.88. The number of phenols is 1. The molecule has 2 rings (SSSR count). The molecule has 0 atom stereocenters. The number of phenolic OH excluding ortho intramolecular Hbond substituents is 1. The Balaban J connectivity index is 2.29. The number of hydrogen-bond acceptors (Lipinski definition) is 3. The zero-order chi connectivity index (χ0) is 13.8. The number of nitrogen functional groups attached to an aromatic ring is 1. The van der Waals surface area contributed by atoms with Crippen LogP contribution in [0.4, 0.5) is 11.4 Å². The van der Waals surface area contributed by atoms with Crippen LogP contribution in [-0.2, 0) is 0 Å². The van der Waals surface area contributed by atoms with Crippen LogP contribution in [0.25, 0.3) is 0 Å². The summed E-state index contributed by atoms with van der Waals surface area (Å²) in [6.07, 6.45) is 0. The number of amides is 1. The smallest absolute Gasteiger partial charge is 0.258 e. The Morgan fingerprint density at radius 2 is 1.68 bits per heavy atom. The maximum Gasteiger partial charge on any atom is 0.258 e. The third-order valence-electron chi connectivity index (χ3n) is 2.88. The third kappa shape index (κ3) is 2.85. The van der Waals surface area contributed by atoms with Gasteiger partial charge in [0.25, 0.3) is 5.91 Å². The number of benzene rings is 2. The van der Waals surface area contributed by atoms with Crippen LogP contribution in [0.2, 0.25) is 0 Å². The fourth-order valence-corrected chi connectivity index (χ4v) is 1.86. The Hall–Kier alpha value is -2.49. The van der Waals surface area contributed by atoms with Gasteiger partial charge in [0.1, 0.15) is 5.75 Å². The monoisotopic (exact) mass is 256 g/mol. The van der Waals surface area contributed by atoms with Gasteiger partial charge < -0.3 is 15.7 Å². The van der Waals surface area contributed by atoms with Gasteiger partial charge in [-0.05, 0) is 55.5 Å². The molecule has 0 aliphatic carbocycles. The molecule has 4 heteroatoms. The van der Waals surface area contributed by atoms with Crippen molar-refractivity contribution in [3.63, 3.8) is 0 Å². The lowest BCUT2D eigenvalue weighted by atomic mass is 10.1. The molecule has 0 spiro atoms. The molecule has 98 valence electrons. The molecule has 0 saturated carbocycles. The van der Waals surface area contributed by atoms with Gasteiger partial charge in [-0.3, -0.25) is 4.79 Å². The van der Waals surface area contributed by atoms with Gasteiger partial charge in [0.2, 0.25) is 0 Å². The van der Waals surface area contributed by atoms with Gasteiger partial charge in [-0.1, -0.05) is 0 Å². The Labute approximate surface area is 112 Å². The van der Waals surface area contributed by atoms with Crippen molar-refractivity contribution >= 4 is 17.3 Å². The van der Waals surface area contributed by atoms with Crippen molar-refractivity contribution in [3.05, 3.63) is 54.1 Å². The van der Waals surface area contributed by atoms with Gasteiger partial charge in [-0.25, -0.2) is 0 Å². The first-order valence-electron chi connectivity index (χ1n) is 6.08. The van der Waals surface area contributed by atoms with E-state index in [4.69, 9.17) is 5.73 Å². The van der Waals surface area contributed by atoms with E-state index < -0.39 is 0 Å². The highest BCUT2D eigenvalue weighted by atomic mass is 16.3. The molecule has 0 saturated heterocycles. The van der Waals surface area contributed by atoms with E-state index in [0.29, 0.717) is 17.8 Å². The van der Waals surface area contributed by atoms with E-state index in [1.54, 1.807) is 29.2 Å². The number of anilines is 2. The number of carbonyl (C=O) groups is 1. The predicted molar refractivity (Wildman–Crippen MR) is 76.3 cm³/mol. The first-order valence-corrected chi connectivity index (χ1v) is 6.08. The van der Waals surface area contributed by atoms with Crippen LogP contribution in [0.3, 0.4) is 0 Å². The summed E-state index contributed by atoms with van der Waals surface area (Å²) in [5, 5.41) is 9.24. The maximum atomic E-state index is 12.4. The maximum absolute atomic E-state index is 12.4. The minimum Gasteiger partial charge on any atom is -0.508 e. The fraction of sp³-hybridized carbons (Fsp3) is 0.133. The number of carbonyl (C=O) groups excluding carboxylic acids is 1. The molecule has 0 aliphatic heterocycles. The molecular formula is C15H16N2O2. The highest BCUT2D eigenvalue weighted by Gasteiger charge is 2.15. The van der Waals surface area contributed by atoms with Crippen LogP contribution in [0, 0.1) is 0 Å². The average molecular weight is 256 g/mol. The highest BCUT2D eigenvalue weighted by molar-refractivity contribution is 6.06. The molecule has 19 heavy (non-hydrogen) atoms. The molecule has 2 aromatic rings. The Kier molecular flexibility index (Phi) is 3.71. The summed E-state index contributed by atoms with van der Waals surface area (Å²) in [4.78, 5) is 14.0. The van der Waals surface area contributed by atoms with Crippen molar-refractivity contribution in [2.45, 2.75) is 6.92 Å². The second-order valence-electron chi connectivity index (χ2n) is 4.19. The molecule has 3 N–H and O–H groups in total. The topological polar surface area (TPSA) is 66.6 Å². The standard InChI is InChI=1S/C15H16N2O2/c1-2-17(13-7-5-12(16)6-8-13)15(19)11-3-9-14(18)10-4-11/h3-10,18H,2,16H2,1H3. The second-order valence-corrected chi connectivity index (χ2v) is 4.19. The van der Waals surface area contributed by atoms with Crippen LogP contribution >= 0.6 is 0 Å². The molecule has 0 bridgehead atoms. The van der Waals surface area contributed by atoms with Gasteiger partial charge in [-0.15, -0.1) is 0 Å². The van der Waals surface area contributed by atoms with E-state index in [2.05, 4.69) is 0 Å². The van der Waals surface area contributed by atoms with E-state index in [0.717, 1.165) is 5.69 Å². The van der Waals surface area contributed by atoms with E-state index in [1.807, 2.05) is 19.1 Å². The van der Waals surface area contributed by atoms with E-state index in [1.165, 1.54) is 12.1 Å². The molecule has 1 amide bonds. The van der Waals surface area contributed by atoms with Gasteiger partial charge in [-0.2, -0.15) is 0 Å². The van der Waals surface area contributed by atoms with Crippen molar-refractivity contribution in [1.82, 2.24) is 0 Å². The first-order chi connectivity index (χ1) is 9.11.